The largest absolute Gasteiger partial charge is 0.495 e. The summed E-state index contributed by atoms with van der Waals surface area (Å²) in [4.78, 5) is 18.0. The molecule has 38 heavy (non-hydrogen) atoms. The van der Waals surface area contributed by atoms with Gasteiger partial charge in [-0.3, -0.25) is 4.79 Å². The van der Waals surface area contributed by atoms with Crippen LogP contribution in [-0.4, -0.2) is 34.9 Å². The normalized spacial score (nSPS) is 14.4. The Bertz CT molecular complexity index is 1500. The molecule has 0 saturated heterocycles. The van der Waals surface area contributed by atoms with E-state index in [1.54, 1.807) is 31.0 Å². The van der Waals surface area contributed by atoms with E-state index < -0.39 is 6.04 Å². The first-order chi connectivity index (χ1) is 18.5. The third-order valence-corrected chi connectivity index (χ3v) is 6.46. The van der Waals surface area contributed by atoms with Gasteiger partial charge in [-0.2, -0.15) is 10.1 Å². The number of ether oxygens (including phenoxy) is 3. The van der Waals surface area contributed by atoms with Gasteiger partial charge in [-0.1, -0.05) is 41.9 Å². The van der Waals surface area contributed by atoms with Gasteiger partial charge >= 0.3 is 0 Å². The number of amides is 1. The molecule has 1 atom stereocenters. The number of aromatic nitrogens is 3. The maximum atomic E-state index is 13.7. The molecule has 3 aromatic carbocycles. The lowest BCUT2D eigenvalue weighted by molar-refractivity contribution is -0.113. The van der Waals surface area contributed by atoms with Crippen LogP contribution in [0.15, 0.2) is 84.3 Å². The highest BCUT2D eigenvalue weighted by Gasteiger charge is 2.34. The Kier molecular flexibility index (Phi) is 7.19. The van der Waals surface area contributed by atoms with Crippen molar-refractivity contribution in [1.29, 1.82) is 0 Å². The van der Waals surface area contributed by atoms with Crippen molar-refractivity contribution in [3.63, 3.8) is 0 Å². The highest BCUT2D eigenvalue weighted by molar-refractivity contribution is 6.30. The summed E-state index contributed by atoms with van der Waals surface area (Å²) in [6.45, 7) is 2.18. The van der Waals surface area contributed by atoms with Gasteiger partial charge < -0.3 is 24.8 Å². The van der Waals surface area contributed by atoms with Gasteiger partial charge in [0.25, 0.3) is 5.91 Å². The first-order valence-electron chi connectivity index (χ1n) is 11.9. The number of nitrogens with zero attached hydrogens (tertiary/aromatic N) is 3. The Morgan fingerprint density at radius 3 is 2.55 bits per heavy atom. The van der Waals surface area contributed by atoms with E-state index in [0.29, 0.717) is 51.8 Å². The minimum Gasteiger partial charge on any atom is -0.495 e. The third kappa shape index (κ3) is 5.01. The summed E-state index contributed by atoms with van der Waals surface area (Å²) in [5.74, 6) is 1.89. The second-order valence-electron chi connectivity index (χ2n) is 8.57. The van der Waals surface area contributed by atoms with Gasteiger partial charge in [-0.05, 0) is 54.4 Å². The van der Waals surface area contributed by atoms with Crippen LogP contribution >= 0.6 is 11.6 Å². The van der Waals surface area contributed by atoms with Crippen molar-refractivity contribution in [2.75, 3.05) is 24.9 Å². The van der Waals surface area contributed by atoms with E-state index in [1.807, 2.05) is 61.5 Å². The van der Waals surface area contributed by atoms with Crippen LogP contribution in [0.4, 0.5) is 11.6 Å². The molecule has 1 unspecified atom stereocenters. The monoisotopic (exact) mass is 531 g/mol. The van der Waals surface area contributed by atoms with Crippen LogP contribution < -0.4 is 24.8 Å². The van der Waals surface area contributed by atoms with E-state index in [9.17, 15) is 4.79 Å². The molecule has 0 saturated carbocycles. The fourth-order valence-electron chi connectivity index (χ4n) is 4.35. The molecule has 1 aliphatic heterocycles. The van der Waals surface area contributed by atoms with Crippen LogP contribution in [0.3, 0.4) is 0 Å². The molecule has 194 valence electrons. The van der Waals surface area contributed by atoms with Gasteiger partial charge in [0.1, 0.15) is 24.7 Å². The maximum absolute atomic E-state index is 13.7. The average molecular weight is 532 g/mol. The number of para-hydroxylation sites is 2. The minimum atomic E-state index is -0.567. The summed E-state index contributed by atoms with van der Waals surface area (Å²) in [6.07, 6.45) is 1.45. The molecule has 1 amide bonds. The zero-order valence-corrected chi connectivity index (χ0v) is 21.8. The summed E-state index contributed by atoms with van der Waals surface area (Å²) in [7, 11) is 3.14. The first-order valence-corrected chi connectivity index (χ1v) is 12.2. The third-order valence-electron chi connectivity index (χ3n) is 6.21. The maximum Gasteiger partial charge on any atom is 0.255 e. The number of halogens is 1. The van der Waals surface area contributed by atoms with E-state index in [4.69, 9.17) is 25.8 Å². The summed E-state index contributed by atoms with van der Waals surface area (Å²) in [5, 5.41) is 11.2. The number of hydrogen-bond donors (Lipinski definition) is 2. The SMILES string of the molecule is COc1ccccc1NC(=O)C1=C(C)Nc2ncnn2C1c1ccc(OCc2ccc(Cl)cc2)c(OC)c1. The number of carbonyl (C=O) groups excluding carboxylic acids is 1. The molecule has 10 heteroatoms. The second kappa shape index (κ2) is 10.9. The minimum absolute atomic E-state index is 0.298. The Morgan fingerprint density at radius 1 is 1.03 bits per heavy atom. The molecule has 1 aromatic heterocycles. The van der Waals surface area contributed by atoms with Crippen LogP contribution in [0.1, 0.15) is 24.1 Å². The zero-order valence-electron chi connectivity index (χ0n) is 21.1. The number of rotatable bonds is 8. The number of nitrogens with one attached hydrogen (secondary N) is 2. The lowest BCUT2D eigenvalue weighted by atomic mass is 9.94. The number of carbonyl (C=O) groups is 1. The van der Waals surface area contributed by atoms with Gasteiger partial charge in [0.05, 0.1) is 25.5 Å². The molecule has 5 rings (SSSR count). The summed E-state index contributed by atoms with van der Waals surface area (Å²) in [6, 6.07) is 19.7. The quantitative estimate of drug-likeness (QED) is 0.311. The van der Waals surface area contributed by atoms with Crippen molar-refractivity contribution in [1.82, 2.24) is 14.8 Å². The smallest absolute Gasteiger partial charge is 0.255 e. The predicted molar refractivity (Wildman–Crippen MR) is 145 cm³/mol. The zero-order chi connectivity index (χ0) is 26.6. The molecule has 2 N–H and O–H groups in total. The van der Waals surface area contributed by atoms with Crippen LogP contribution in [0.25, 0.3) is 0 Å². The summed E-state index contributed by atoms with van der Waals surface area (Å²) in [5.41, 5.74) is 3.45. The fourth-order valence-corrected chi connectivity index (χ4v) is 4.47. The van der Waals surface area contributed by atoms with Crippen molar-refractivity contribution in [2.24, 2.45) is 0 Å². The summed E-state index contributed by atoms with van der Waals surface area (Å²) >= 11 is 5.98. The molecule has 9 nitrogen and oxygen atoms in total. The predicted octanol–water partition coefficient (Wildman–Crippen LogP) is 5.46. The first kappa shape index (κ1) is 25.2. The van der Waals surface area contributed by atoms with Crippen molar-refractivity contribution >= 4 is 29.1 Å². The number of anilines is 2. The molecular formula is C28H26ClN5O4. The molecule has 0 radical (unpaired) electrons. The van der Waals surface area contributed by atoms with Gasteiger partial charge in [0, 0.05) is 10.7 Å². The number of fused-ring (bicyclic) bond motifs is 1. The molecule has 0 spiro atoms. The highest BCUT2D eigenvalue weighted by atomic mass is 35.5. The van der Waals surface area contributed by atoms with Crippen molar-refractivity contribution in [2.45, 2.75) is 19.6 Å². The van der Waals surface area contributed by atoms with Crippen LogP contribution in [0.2, 0.25) is 5.02 Å². The van der Waals surface area contributed by atoms with E-state index in [2.05, 4.69) is 20.7 Å². The van der Waals surface area contributed by atoms with Crippen LogP contribution in [0.5, 0.6) is 17.2 Å². The van der Waals surface area contributed by atoms with Crippen molar-refractivity contribution < 1.29 is 19.0 Å². The topological polar surface area (TPSA) is 99.5 Å². The Hall–Kier alpha value is -4.50. The standard InChI is InChI=1S/C28H26ClN5O4/c1-17-25(27(35)33-21-6-4-5-7-22(21)36-2)26(34-28(32-17)30-16-31-34)19-10-13-23(24(14-19)37-3)38-15-18-8-11-20(29)12-9-18/h4-14,16,26H,15H2,1-3H3,(H,33,35)(H,30,31,32). The average Bonchev–Trinajstić information content (AvgIpc) is 3.40. The fraction of sp³-hybridized carbons (Fsp3) is 0.179. The van der Waals surface area contributed by atoms with E-state index in [-0.39, 0.29) is 5.91 Å². The van der Waals surface area contributed by atoms with Gasteiger partial charge in [0.2, 0.25) is 5.95 Å². The Labute approximate surface area is 225 Å². The van der Waals surface area contributed by atoms with E-state index in [0.717, 1.165) is 11.1 Å². The van der Waals surface area contributed by atoms with Gasteiger partial charge in [0.15, 0.2) is 11.5 Å². The second-order valence-corrected chi connectivity index (χ2v) is 9.01. The molecule has 0 aliphatic carbocycles. The van der Waals surface area contributed by atoms with Crippen LogP contribution in [0, 0.1) is 0 Å². The number of hydrogen-bond acceptors (Lipinski definition) is 7. The lowest BCUT2D eigenvalue weighted by Gasteiger charge is -2.29. The molecule has 0 bridgehead atoms. The molecule has 2 heterocycles. The van der Waals surface area contributed by atoms with Crippen molar-refractivity contribution in [3.05, 3.63) is 100 Å². The molecule has 0 fully saturated rings. The molecule has 1 aliphatic rings. The Balaban J connectivity index is 1.47. The van der Waals surface area contributed by atoms with Gasteiger partial charge in [-0.15, -0.1) is 0 Å². The number of methoxy groups -OCH3 is 2. The van der Waals surface area contributed by atoms with Gasteiger partial charge in [-0.25, -0.2) is 4.68 Å². The lowest BCUT2D eigenvalue weighted by Crippen LogP contribution is -2.31. The summed E-state index contributed by atoms with van der Waals surface area (Å²) < 4.78 is 18.8. The van der Waals surface area contributed by atoms with Crippen molar-refractivity contribution in [3.8, 4) is 17.2 Å². The molecular weight excluding hydrogens is 506 g/mol. The number of allylic oxidation sites excluding steroid dienone is 1. The van der Waals surface area contributed by atoms with E-state index in [1.165, 1.54) is 6.33 Å². The Morgan fingerprint density at radius 2 is 1.79 bits per heavy atom. The molecule has 4 aromatic rings. The van der Waals surface area contributed by atoms with E-state index >= 15 is 0 Å². The number of benzene rings is 3. The highest BCUT2D eigenvalue weighted by Crippen LogP contribution is 2.39. The van der Waals surface area contributed by atoms with Crippen LogP contribution in [-0.2, 0) is 11.4 Å².